The number of phenols is 1. The van der Waals surface area contributed by atoms with E-state index >= 15 is 0 Å². The largest absolute Gasteiger partial charge is 0.507 e. The molecule has 3 rings (SSSR count). The lowest BCUT2D eigenvalue weighted by molar-refractivity contribution is 0.0597. The lowest BCUT2D eigenvalue weighted by atomic mass is 10.0. The Hall–Kier alpha value is -2.48. The summed E-state index contributed by atoms with van der Waals surface area (Å²) in [6, 6.07) is 11.8. The van der Waals surface area contributed by atoms with Crippen molar-refractivity contribution < 1.29 is 29.2 Å². The highest BCUT2D eigenvalue weighted by atomic mass is 35.5. The number of hydrogen-bond acceptors (Lipinski definition) is 7. The molecule has 0 amide bonds. The fourth-order valence-corrected chi connectivity index (χ4v) is 2.70. The maximum absolute atomic E-state index is 11.6. The fraction of sp³-hybridized carbons (Fsp3) is 0.316. The lowest BCUT2D eigenvalue weighted by Gasteiger charge is -2.27. The van der Waals surface area contributed by atoms with Crippen molar-refractivity contribution >= 4 is 18.4 Å². The number of esters is 1. The van der Waals surface area contributed by atoms with Crippen LogP contribution < -0.4 is 14.8 Å². The van der Waals surface area contributed by atoms with Gasteiger partial charge in [0.25, 0.3) is 0 Å². The van der Waals surface area contributed by atoms with Crippen LogP contribution in [0.15, 0.2) is 42.5 Å². The highest BCUT2D eigenvalue weighted by Gasteiger charge is 2.21. The Balaban J connectivity index is 0.00000261. The van der Waals surface area contributed by atoms with Crippen molar-refractivity contribution in [2.45, 2.75) is 12.2 Å². The third-order valence-electron chi connectivity index (χ3n) is 4.09. The van der Waals surface area contributed by atoms with Crippen LogP contribution >= 0.6 is 12.4 Å². The number of carbonyl (C=O) groups is 1. The number of aromatic hydroxyl groups is 1. The van der Waals surface area contributed by atoms with E-state index in [4.69, 9.17) is 9.47 Å². The summed E-state index contributed by atoms with van der Waals surface area (Å²) in [5, 5.41) is 23.2. The number of phenolic OH excluding ortho intramolecular Hbond substituents is 1. The van der Waals surface area contributed by atoms with Crippen molar-refractivity contribution in [3.05, 3.63) is 53.6 Å². The molecule has 2 aromatic carbocycles. The Labute approximate surface area is 163 Å². The Morgan fingerprint density at radius 1 is 1.30 bits per heavy atom. The maximum atomic E-state index is 11.6. The van der Waals surface area contributed by atoms with E-state index in [1.54, 1.807) is 6.07 Å². The fourth-order valence-electron chi connectivity index (χ4n) is 2.70. The monoisotopic (exact) mass is 395 g/mol. The molecule has 27 heavy (non-hydrogen) atoms. The van der Waals surface area contributed by atoms with Crippen molar-refractivity contribution in [2.75, 3.05) is 26.8 Å². The van der Waals surface area contributed by atoms with Gasteiger partial charge in [0.05, 0.1) is 13.2 Å². The number of hydrogen-bond donors (Lipinski definition) is 3. The third-order valence-corrected chi connectivity index (χ3v) is 4.09. The average Bonchev–Trinajstić information content (AvgIpc) is 2.67. The first-order valence-electron chi connectivity index (χ1n) is 8.27. The van der Waals surface area contributed by atoms with Crippen molar-refractivity contribution in [3.8, 4) is 17.2 Å². The van der Waals surface area contributed by atoms with Gasteiger partial charge in [-0.25, -0.2) is 4.79 Å². The van der Waals surface area contributed by atoms with E-state index in [0.29, 0.717) is 24.5 Å². The molecule has 0 saturated heterocycles. The average molecular weight is 396 g/mol. The quantitative estimate of drug-likeness (QED) is 0.644. The first kappa shape index (κ1) is 20.8. The number of nitrogens with one attached hydrogen (secondary N) is 1. The van der Waals surface area contributed by atoms with Crippen LogP contribution in [-0.4, -0.2) is 49.1 Å². The number of para-hydroxylation sites is 2. The molecule has 146 valence electrons. The molecule has 2 unspecified atom stereocenters. The summed E-state index contributed by atoms with van der Waals surface area (Å²) in [7, 11) is 1.23. The zero-order valence-corrected chi connectivity index (χ0v) is 15.6. The summed E-state index contributed by atoms with van der Waals surface area (Å²) in [4.78, 5) is 11.6. The van der Waals surface area contributed by atoms with Gasteiger partial charge in [-0.3, -0.25) is 0 Å². The number of fused-ring (bicyclic) bond motifs is 1. The molecule has 2 atom stereocenters. The van der Waals surface area contributed by atoms with Crippen LogP contribution in [0.4, 0.5) is 0 Å². The molecule has 7 nitrogen and oxygen atoms in total. The van der Waals surface area contributed by atoms with Crippen LogP contribution in [0.3, 0.4) is 0 Å². The summed E-state index contributed by atoms with van der Waals surface area (Å²) >= 11 is 0. The Kier molecular flexibility index (Phi) is 7.29. The summed E-state index contributed by atoms with van der Waals surface area (Å²) in [6.07, 6.45) is -1.02. The van der Waals surface area contributed by atoms with Crippen molar-refractivity contribution in [3.63, 3.8) is 0 Å². The molecular weight excluding hydrogens is 374 g/mol. The normalized spacial score (nSPS) is 16.1. The topological polar surface area (TPSA) is 97.3 Å². The van der Waals surface area contributed by atoms with Crippen LogP contribution in [0, 0.1) is 0 Å². The Morgan fingerprint density at radius 3 is 2.78 bits per heavy atom. The maximum Gasteiger partial charge on any atom is 0.341 e. The molecule has 3 N–H and O–H groups in total. The molecule has 0 spiro atoms. The predicted octanol–water partition coefficient (Wildman–Crippen LogP) is 2.06. The first-order valence-corrected chi connectivity index (χ1v) is 8.27. The van der Waals surface area contributed by atoms with Gasteiger partial charge in [-0.1, -0.05) is 18.2 Å². The summed E-state index contributed by atoms with van der Waals surface area (Å²) < 4.78 is 16.1. The van der Waals surface area contributed by atoms with E-state index in [1.807, 2.05) is 24.3 Å². The van der Waals surface area contributed by atoms with Crippen molar-refractivity contribution in [1.82, 2.24) is 5.32 Å². The SMILES string of the molecule is COC(=O)c1cc(C(O)CNCC2COc3ccccc3O2)ccc1O.Cl. The minimum Gasteiger partial charge on any atom is -0.507 e. The number of aliphatic hydroxyl groups is 1. The van der Waals surface area contributed by atoms with Crippen molar-refractivity contribution in [2.24, 2.45) is 0 Å². The zero-order chi connectivity index (χ0) is 18.5. The van der Waals surface area contributed by atoms with Crippen LogP contribution in [-0.2, 0) is 4.74 Å². The van der Waals surface area contributed by atoms with Gasteiger partial charge in [0, 0.05) is 13.1 Å². The minimum atomic E-state index is -0.851. The third kappa shape index (κ3) is 5.03. The van der Waals surface area contributed by atoms with Crippen LogP contribution in [0.25, 0.3) is 0 Å². The molecule has 1 aliphatic rings. The predicted molar refractivity (Wildman–Crippen MR) is 101 cm³/mol. The second-order valence-corrected chi connectivity index (χ2v) is 5.94. The molecule has 1 heterocycles. The van der Waals surface area contributed by atoms with Gasteiger partial charge in [-0.15, -0.1) is 12.4 Å². The summed E-state index contributed by atoms with van der Waals surface area (Å²) in [5.74, 6) is 0.582. The number of aliphatic hydroxyl groups excluding tert-OH is 1. The number of halogens is 1. The summed E-state index contributed by atoms with van der Waals surface area (Å²) in [5.41, 5.74) is 0.520. The molecule has 1 aliphatic heterocycles. The standard InChI is InChI=1S/C19H21NO6.ClH/c1-24-19(23)14-8-12(6-7-15(14)21)16(22)10-20-9-13-11-25-17-4-2-3-5-18(17)26-13;/h2-8,13,16,20-22H,9-11H2,1H3;1H. The zero-order valence-electron chi connectivity index (χ0n) is 14.8. The molecule has 0 bridgehead atoms. The second kappa shape index (κ2) is 9.45. The van der Waals surface area contributed by atoms with Gasteiger partial charge in [-0.2, -0.15) is 0 Å². The smallest absolute Gasteiger partial charge is 0.341 e. The minimum absolute atomic E-state index is 0. The molecular formula is C19H22ClNO6. The molecule has 8 heteroatoms. The van der Waals surface area contributed by atoms with E-state index in [0.717, 1.165) is 5.75 Å². The van der Waals surface area contributed by atoms with E-state index in [2.05, 4.69) is 10.1 Å². The van der Waals surface area contributed by atoms with E-state index in [1.165, 1.54) is 19.2 Å². The highest BCUT2D eigenvalue weighted by molar-refractivity contribution is 5.92. The van der Waals surface area contributed by atoms with Gasteiger partial charge in [0.15, 0.2) is 11.5 Å². The molecule has 2 aromatic rings. The molecule has 0 radical (unpaired) electrons. The highest BCUT2D eigenvalue weighted by Crippen LogP contribution is 2.30. The number of benzene rings is 2. The van der Waals surface area contributed by atoms with Crippen LogP contribution in [0.1, 0.15) is 22.0 Å². The van der Waals surface area contributed by atoms with Gasteiger partial charge in [-0.05, 0) is 29.8 Å². The first-order chi connectivity index (χ1) is 12.6. The van der Waals surface area contributed by atoms with Crippen LogP contribution in [0.2, 0.25) is 0 Å². The number of rotatable bonds is 6. The number of ether oxygens (including phenoxy) is 3. The Bertz CT molecular complexity index is 785. The summed E-state index contributed by atoms with van der Waals surface area (Å²) in [6.45, 7) is 1.17. The lowest BCUT2D eigenvalue weighted by Crippen LogP contribution is -2.39. The van der Waals surface area contributed by atoms with Gasteiger partial charge < -0.3 is 29.7 Å². The Morgan fingerprint density at radius 2 is 2.04 bits per heavy atom. The van der Waals surface area contributed by atoms with E-state index in [-0.39, 0.29) is 36.4 Å². The second-order valence-electron chi connectivity index (χ2n) is 5.94. The van der Waals surface area contributed by atoms with Crippen molar-refractivity contribution in [1.29, 1.82) is 0 Å². The number of carbonyl (C=O) groups excluding carboxylic acids is 1. The van der Waals surface area contributed by atoms with Gasteiger partial charge in [0.2, 0.25) is 0 Å². The molecule has 0 fully saturated rings. The van der Waals surface area contributed by atoms with Gasteiger partial charge in [0.1, 0.15) is 24.0 Å². The molecule has 0 aromatic heterocycles. The van der Waals surface area contributed by atoms with E-state index < -0.39 is 12.1 Å². The van der Waals surface area contributed by atoms with Crippen LogP contribution in [0.5, 0.6) is 17.2 Å². The number of methoxy groups -OCH3 is 1. The van der Waals surface area contributed by atoms with E-state index in [9.17, 15) is 15.0 Å². The van der Waals surface area contributed by atoms with Gasteiger partial charge >= 0.3 is 5.97 Å². The molecule has 0 saturated carbocycles. The molecule has 0 aliphatic carbocycles.